The molecule has 1 aromatic rings. The van der Waals surface area contributed by atoms with Gasteiger partial charge in [-0.25, -0.2) is 9.97 Å². The predicted octanol–water partition coefficient (Wildman–Crippen LogP) is 0.827. The van der Waals surface area contributed by atoms with Gasteiger partial charge in [-0.3, -0.25) is 4.79 Å². The molecule has 6 nitrogen and oxygen atoms in total. The number of nitrogens with two attached hydrogens (primary N) is 1. The third-order valence-corrected chi connectivity index (χ3v) is 3.47. The molecule has 1 aromatic heterocycles. The van der Waals surface area contributed by atoms with Crippen LogP contribution < -0.4 is 10.5 Å². The molecule has 0 radical (unpaired) electrons. The fraction of sp³-hybridized carbons (Fsp3) is 0.615. The van der Waals surface area contributed by atoms with E-state index >= 15 is 0 Å². The second kappa shape index (κ2) is 5.97. The van der Waals surface area contributed by atoms with E-state index in [9.17, 15) is 4.79 Å². The first-order valence-electron chi connectivity index (χ1n) is 6.56. The standard InChI is InChI=1S/C13H20N4O2/c1-9(14)11-5-3-4-6-17(11)12(18)10-7-15-13(19-2)16-8-10/h7-9,11H,3-6,14H2,1-2H3/t9-,11+/m1/s1. The van der Waals surface area contributed by atoms with E-state index in [2.05, 4.69) is 9.97 Å². The summed E-state index contributed by atoms with van der Waals surface area (Å²) >= 11 is 0. The first kappa shape index (κ1) is 13.7. The van der Waals surface area contributed by atoms with Crippen molar-refractivity contribution < 1.29 is 9.53 Å². The number of carbonyl (C=O) groups excluding carboxylic acids is 1. The number of nitrogens with zero attached hydrogens (tertiary/aromatic N) is 3. The van der Waals surface area contributed by atoms with Gasteiger partial charge in [-0.2, -0.15) is 0 Å². The highest BCUT2D eigenvalue weighted by Crippen LogP contribution is 2.21. The number of ether oxygens (including phenoxy) is 1. The Kier molecular flexibility index (Phi) is 4.31. The zero-order valence-electron chi connectivity index (χ0n) is 11.4. The Morgan fingerprint density at radius 3 is 2.74 bits per heavy atom. The average molecular weight is 264 g/mol. The molecule has 19 heavy (non-hydrogen) atoms. The highest BCUT2D eigenvalue weighted by molar-refractivity contribution is 5.94. The zero-order chi connectivity index (χ0) is 13.8. The summed E-state index contributed by atoms with van der Waals surface area (Å²) in [6, 6.07) is 0.339. The summed E-state index contributed by atoms with van der Waals surface area (Å²) < 4.78 is 4.89. The zero-order valence-corrected chi connectivity index (χ0v) is 11.4. The Hall–Kier alpha value is -1.69. The van der Waals surface area contributed by atoms with E-state index in [1.165, 1.54) is 19.5 Å². The van der Waals surface area contributed by atoms with E-state index in [0.717, 1.165) is 25.8 Å². The van der Waals surface area contributed by atoms with E-state index in [1.54, 1.807) is 0 Å². The Bertz CT molecular complexity index is 433. The van der Waals surface area contributed by atoms with Crippen LogP contribution in [-0.2, 0) is 0 Å². The van der Waals surface area contributed by atoms with Crippen LogP contribution in [0.3, 0.4) is 0 Å². The summed E-state index contributed by atoms with van der Waals surface area (Å²) in [4.78, 5) is 22.3. The molecule has 6 heteroatoms. The Morgan fingerprint density at radius 1 is 1.47 bits per heavy atom. The summed E-state index contributed by atoms with van der Waals surface area (Å²) in [5, 5.41) is 0. The number of hydrogen-bond acceptors (Lipinski definition) is 5. The highest BCUT2D eigenvalue weighted by atomic mass is 16.5. The van der Waals surface area contributed by atoms with Gasteiger partial charge in [0.1, 0.15) is 0 Å². The van der Waals surface area contributed by atoms with Crippen LogP contribution in [0.25, 0.3) is 0 Å². The molecule has 2 N–H and O–H groups in total. The molecule has 0 spiro atoms. The van der Waals surface area contributed by atoms with Crippen molar-refractivity contribution >= 4 is 5.91 Å². The minimum absolute atomic E-state index is 0.0246. The van der Waals surface area contributed by atoms with Crippen LogP contribution in [0.15, 0.2) is 12.4 Å². The maximum Gasteiger partial charge on any atom is 0.316 e. The average Bonchev–Trinajstić information content (AvgIpc) is 2.46. The van der Waals surface area contributed by atoms with Gasteiger partial charge in [0.05, 0.1) is 12.7 Å². The molecule has 1 aliphatic rings. The number of aromatic nitrogens is 2. The van der Waals surface area contributed by atoms with Gasteiger partial charge >= 0.3 is 6.01 Å². The number of rotatable bonds is 3. The molecular weight excluding hydrogens is 244 g/mol. The van der Waals surface area contributed by atoms with Crippen molar-refractivity contribution in [3.8, 4) is 6.01 Å². The molecule has 104 valence electrons. The molecule has 1 aliphatic heterocycles. The van der Waals surface area contributed by atoms with Crippen molar-refractivity contribution in [3.63, 3.8) is 0 Å². The van der Waals surface area contributed by atoms with Gasteiger partial charge in [0.2, 0.25) is 0 Å². The second-order valence-corrected chi connectivity index (χ2v) is 4.88. The number of likely N-dealkylation sites (tertiary alicyclic amines) is 1. The topological polar surface area (TPSA) is 81.3 Å². The number of hydrogen-bond donors (Lipinski definition) is 1. The lowest BCUT2D eigenvalue weighted by Crippen LogP contribution is -2.51. The van der Waals surface area contributed by atoms with E-state index in [0.29, 0.717) is 5.56 Å². The van der Waals surface area contributed by atoms with Gasteiger partial charge in [-0.05, 0) is 26.2 Å². The number of amides is 1. The maximum atomic E-state index is 12.5. The highest BCUT2D eigenvalue weighted by Gasteiger charge is 2.30. The van der Waals surface area contributed by atoms with Gasteiger partial charge < -0.3 is 15.4 Å². The first-order valence-corrected chi connectivity index (χ1v) is 6.56. The third-order valence-electron chi connectivity index (χ3n) is 3.47. The van der Waals surface area contributed by atoms with Crippen LogP contribution in [0.4, 0.5) is 0 Å². The van der Waals surface area contributed by atoms with Crippen LogP contribution in [0, 0.1) is 0 Å². The summed E-state index contributed by atoms with van der Waals surface area (Å²) in [5.41, 5.74) is 6.45. The molecule has 1 saturated heterocycles. The summed E-state index contributed by atoms with van der Waals surface area (Å²) in [5.74, 6) is -0.0512. The van der Waals surface area contributed by atoms with Gasteiger partial charge in [-0.15, -0.1) is 0 Å². The second-order valence-electron chi connectivity index (χ2n) is 4.88. The fourth-order valence-electron chi connectivity index (χ4n) is 2.45. The normalized spacial score (nSPS) is 21.0. The molecule has 0 aromatic carbocycles. The summed E-state index contributed by atoms with van der Waals surface area (Å²) in [6.07, 6.45) is 6.10. The minimum atomic E-state index is -0.0512. The van der Waals surface area contributed by atoms with Gasteiger partial charge in [0.25, 0.3) is 5.91 Å². The predicted molar refractivity (Wildman–Crippen MR) is 70.9 cm³/mol. The molecule has 0 bridgehead atoms. The third kappa shape index (κ3) is 3.01. The monoisotopic (exact) mass is 264 g/mol. The molecule has 2 atom stereocenters. The molecule has 1 amide bonds. The molecule has 2 heterocycles. The molecule has 2 rings (SSSR count). The van der Waals surface area contributed by atoms with Crippen molar-refractivity contribution in [1.29, 1.82) is 0 Å². The molecular formula is C13H20N4O2. The molecule has 0 saturated carbocycles. The van der Waals surface area contributed by atoms with Crippen molar-refractivity contribution in [2.24, 2.45) is 5.73 Å². The van der Waals surface area contributed by atoms with Gasteiger partial charge in [0.15, 0.2) is 0 Å². The first-order chi connectivity index (χ1) is 9.13. The smallest absolute Gasteiger partial charge is 0.316 e. The van der Waals surface area contributed by atoms with Crippen LogP contribution in [0.5, 0.6) is 6.01 Å². The van der Waals surface area contributed by atoms with E-state index in [1.807, 2.05) is 11.8 Å². The van der Waals surface area contributed by atoms with Crippen molar-refractivity contribution in [1.82, 2.24) is 14.9 Å². The van der Waals surface area contributed by atoms with Crippen LogP contribution in [0.1, 0.15) is 36.5 Å². The summed E-state index contributed by atoms with van der Waals surface area (Å²) in [6.45, 7) is 2.69. The molecule has 0 aliphatic carbocycles. The minimum Gasteiger partial charge on any atom is -0.467 e. The lowest BCUT2D eigenvalue weighted by atomic mass is 9.96. The van der Waals surface area contributed by atoms with Gasteiger partial charge in [-0.1, -0.05) is 0 Å². The number of methoxy groups -OCH3 is 1. The van der Waals surface area contributed by atoms with Crippen molar-refractivity contribution in [2.45, 2.75) is 38.3 Å². The number of piperidine rings is 1. The van der Waals surface area contributed by atoms with Crippen LogP contribution in [0.2, 0.25) is 0 Å². The lowest BCUT2D eigenvalue weighted by molar-refractivity contribution is 0.0582. The van der Waals surface area contributed by atoms with Crippen molar-refractivity contribution in [3.05, 3.63) is 18.0 Å². The fourth-order valence-corrected chi connectivity index (χ4v) is 2.45. The Balaban J connectivity index is 2.16. The SMILES string of the molecule is COc1ncc(C(=O)N2CCCC[C@H]2[C@@H](C)N)cn1. The number of carbonyl (C=O) groups is 1. The molecule has 1 fully saturated rings. The van der Waals surface area contributed by atoms with Crippen LogP contribution in [-0.4, -0.2) is 46.5 Å². The van der Waals surface area contributed by atoms with Crippen LogP contribution >= 0.6 is 0 Å². The Labute approximate surface area is 113 Å². The quantitative estimate of drug-likeness (QED) is 0.874. The lowest BCUT2D eigenvalue weighted by Gasteiger charge is -2.38. The van der Waals surface area contributed by atoms with E-state index in [-0.39, 0.29) is 24.0 Å². The summed E-state index contributed by atoms with van der Waals surface area (Å²) in [7, 11) is 1.49. The van der Waals surface area contributed by atoms with Crippen molar-refractivity contribution in [2.75, 3.05) is 13.7 Å². The van der Waals surface area contributed by atoms with E-state index < -0.39 is 0 Å². The van der Waals surface area contributed by atoms with Gasteiger partial charge in [0, 0.05) is 31.0 Å². The maximum absolute atomic E-state index is 12.5. The Morgan fingerprint density at radius 2 is 2.16 bits per heavy atom. The van der Waals surface area contributed by atoms with E-state index in [4.69, 9.17) is 10.5 Å². The largest absolute Gasteiger partial charge is 0.467 e. The molecule has 0 unspecified atom stereocenters.